The molecule has 5 N–H and O–H groups in total. The molecule has 0 radical (unpaired) electrons. The first-order chi connectivity index (χ1) is 13.7. The number of aliphatic hydroxyl groups excluding tert-OH is 4. The van der Waals surface area contributed by atoms with Gasteiger partial charge in [-0.25, -0.2) is 0 Å². The van der Waals surface area contributed by atoms with Crippen LogP contribution in [-0.4, -0.2) is 93.2 Å². The average molecular weight is 438 g/mol. The van der Waals surface area contributed by atoms with E-state index < -0.39 is 42.0 Å². The first-order valence-corrected chi connectivity index (χ1v) is 11.2. The molecule has 29 heavy (non-hydrogen) atoms. The normalized spacial score (nSPS) is 30.3. The highest BCUT2D eigenvalue weighted by molar-refractivity contribution is 7.99. The van der Waals surface area contributed by atoms with Crippen molar-refractivity contribution in [2.75, 3.05) is 19.8 Å². The second-order valence-corrected chi connectivity index (χ2v) is 8.56. The van der Waals surface area contributed by atoms with E-state index in [9.17, 15) is 30.1 Å². The SMILES string of the molecule is CCC[C@H](CCC(=O)N[C@@H]([C@H]1O[C@H](SC)[C@H](O)[C@@H](O)[C@H]1O)[C@@H](C)O)CN(C)N=O. The van der Waals surface area contributed by atoms with E-state index in [2.05, 4.69) is 10.6 Å². The summed E-state index contributed by atoms with van der Waals surface area (Å²) in [6.45, 7) is 3.93. The third kappa shape index (κ3) is 7.65. The van der Waals surface area contributed by atoms with E-state index in [4.69, 9.17) is 4.74 Å². The van der Waals surface area contributed by atoms with Crippen molar-refractivity contribution >= 4 is 17.7 Å². The molecule has 1 rings (SSSR count). The maximum absolute atomic E-state index is 12.5. The molecule has 0 spiro atoms. The van der Waals surface area contributed by atoms with Crippen molar-refractivity contribution in [2.24, 2.45) is 11.2 Å². The van der Waals surface area contributed by atoms with E-state index in [0.29, 0.717) is 13.0 Å². The Morgan fingerprint density at radius 1 is 1.24 bits per heavy atom. The summed E-state index contributed by atoms with van der Waals surface area (Å²) in [7, 11) is 1.59. The van der Waals surface area contributed by atoms with Crippen LogP contribution in [-0.2, 0) is 9.53 Å². The van der Waals surface area contributed by atoms with Gasteiger partial charge in [0, 0.05) is 20.0 Å². The summed E-state index contributed by atoms with van der Waals surface area (Å²) in [5.41, 5.74) is -0.795. The number of ether oxygens (including phenoxy) is 1. The smallest absolute Gasteiger partial charge is 0.220 e. The van der Waals surface area contributed by atoms with E-state index in [1.807, 2.05) is 6.92 Å². The number of amides is 1. The second kappa shape index (κ2) is 12.7. The largest absolute Gasteiger partial charge is 0.391 e. The first-order valence-electron chi connectivity index (χ1n) is 9.90. The van der Waals surface area contributed by atoms with E-state index >= 15 is 0 Å². The molecule has 170 valence electrons. The monoisotopic (exact) mass is 437 g/mol. The molecule has 1 aliphatic heterocycles. The highest BCUT2D eigenvalue weighted by atomic mass is 32.2. The van der Waals surface area contributed by atoms with Crippen molar-refractivity contribution in [3.63, 3.8) is 0 Å². The molecule has 0 saturated carbocycles. The van der Waals surface area contributed by atoms with Gasteiger partial charge in [-0.3, -0.25) is 9.80 Å². The first kappa shape index (κ1) is 26.1. The van der Waals surface area contributed by atoms with Gasteiger partial charge in [-0.05, 0) is 31.9 Å². The van der Waals surface area contributed by atoms with Gasteiger partial charge in [0.1, 0.15) is 29.9 Å². The molecule has 0 bridgehead atoms. The lowest BCUT2D eigenvalue weighted by Gasteiger charge is -2.43. The molecule has 1 heterocycles. The standard InChI is InChI=1S/C18H35N3O7S/c1-5-6-11(9-21(3)20-27)7-8-12(23)19-13(10(2)22)17-15(25)14(24)16(26)18(28-17)29-4/h10-11,13-18,22,24-26H,5-9H2,1-4H3,(H,19,23)/t10-,11-,13-,14+,15-,16-,17-,18-/m1/s1. The molecular weight excluding hydrogens is 402 g/mol. The van der Waals surface area contributed by atoms with Crippen LogP contribution in [0.25, 0.3) is 0 Å². The number of carbonyl (C=O) groups excluding carboxylic acids is 1. The Hall–Kier alpha value is -0.980. The maximum atomic E-state index is 12.5. The molecule has 0 aromatic rings. The van der Waals surface area contributed by atoms with Gasteiger partial charge in [-0.1, -0.05) is 13.3 Å². The number of nitroso groups, excluding NO2 is 1. The Balaban J connectivity index is 2.74. The zero-order chi connectivity index (χ0) is 22.1. The minimum absolute atomic E-state index is 0.118. The van der Waals surface area contributed by atoms with Crippen LogP contribution in [0.4, 0.5) is 0 Å². The van der Waals surface area contributed by atoms with Crippen LogP contribution in [0.3, 0.4) is 0 Å². The predicted octanol–water partition coefficient (Wildman–Crippen LogP) is -0.168. The summed E-state index contributed by atoms with van der Waals surface area (Å²) >= 11 is 1.16. The highest BCUT2D eigenvalue weighted by Crippen LogP contribution is 2.29. The van der Waals surface area contributed by atoms with Crippen molar-refractivity contribution in [2.45, 2.75) is 81.5 Å². The fourth-order valence-electron chi connectivity index (χ4n) is 3.58. The third-order valence-corrected chi connectivity index (χ3v) is 6.03. The summed E-state index contributed by atoms with van der Waals surface area (Å²) < 4.78 is 5.66. The third-order valence-electron chi connectivity index (χ3n) is 5.18. The van der Waals surface area contributed by atoms with Gasteiger partial charge >= 0.3 is 0 Å². The van der Waals surface area contributed by atoms with E-state index in [0.717, 1.165) is 24.6 Å². The Kier molecular flexibility index (Phi) is 11.4. The highest BCUT2D eigenvalue weighted by Gasteiger charge is 2.47. The van der Waals surface area contributed by atoms with Gasteiger partial charge in [-0.15, -0.1) is 16.7 Å². The molecule has 0 aromatic heterocycles. The van der Waals surface area contributed by atoms with Gasteiger partial charge in [-0.2, -0.15) is 0 Å². The summed E-state index contributed by atoms with van der Waals surface area (Å²) in [5, 5.41) is 47.4. The number of nitrogens with one attached hydrogen (secondary N) is 1. The van der Waals surface area contributed by atoms with Crippen LogP contribution >= 0.6 is 11.8 Å². The van der Waals surface area contributed by atoms with Gasteiger partial charge in [0.2, 0.25) is 5.91 Å². The van der Waals surface area contributed by atoms with Gasteiger partial charge < -0.3 is 30.5 Å². The Morgan fingerprint density at radius 2 is 1.90 bits per heavy atom. The summed E-state index contributed by atoms with van der Waals surface area (Å²) in [5.74, 6) is -0.219. The summed E-state index contributed by atoms with van der Waals surface area (Å²) in [6, 6.07) is -0.960. The van der Waals surface area contributed by atoms with Gasteiger partial charge in [0.05, 0.1) is 17.4 Å². The molecular formula is C18H35N3O7S. The van der Waals surface area contributed by atoms with Gasteiger partial charge in [0.25, 0.3) is 0 Å². The van der Waals surface area contributed by atoms with Crippen LogP contribution in [0, 0.1) is 10.8 Å². The molecule has 10 nitrogen and oxygen atoms in total. The molecule has 0 aliphatic carbocycles. The Bertz CT molecular complexity index is 512. The van der Waals surface area contributed by atoms with E-state index in [1.54, 1.807) is 13.3 Å². The lowest BCUT2D eigenvalue weighted by molar-refractivity contribution is -0.210. The average Bonchev–Trinajstić information content (AvgIpc) is 2.69. The van der Waals surface area contributed by atoms with E-state index in [1.165, 1.54) is 11.9 Å². The number of aliphatic hydroxyl groups is 4. The molecule has 1 saturated heterocycles. The number of rotatable bonds is 12. The van der Waals surface area contributed by atoms with Crippen LogP contribution in [0.2, 0.25) is 0 Å². The van der Waals surface area contributed by atoms with Crippen molar-refractivity contribution in [1.29, 1.82) is 0 Å². The van der Waals surface area contributed by atoms with Crippen LogP contribution in [0.1, 0.15) is 39.5 Å². The van der Waals surface area contributed by atoms with Crippen molar-refractivity contribution < 1.29 is 30.0 Å². The molecule has 1 aliphatic rings. The fraction of sp³-hybridized carbons (Fsp3) is 0.944. The molecule has 0 aromatic carbocycles. The van der Waals surface area contributed by atoms with Crippen molar-refractivity contribution in [3.8, 4) is 0 Å². The van der Waals surface area contributed by atoms with Crippen LogP contribution < -0.4 is 5.32 Å². The summed E-state index contributed by atoms with van der Waals surface area (Å²) in [6.07, 6.45) is -2.19. The number of hydrogen-bond donors (Lipinski definition) is 5. The molecule has 1 amide bonds. The molecule has 0 unspecified atom stereocenters. The Morgan fingerprint density at radius 3 is 2.41 bits per heavy atom. The minimum Gasteiger partial charge on any atom is -0.391 e. The quantitative estimate of drug-likeness (QED) is 0.207. The lowest BCUT2D eigenvalue weighted by Crippen LogP contribution is -2.64. The number of nitrogens with zero attached hydrogens (tertiary/aromatic N) is 2. The van der Waals surface area contributed by atoms with Crippen LogP contribution in [0.5, 0.6) is 0 Å². The number of hydrogen-bond acceptors (Lipinski definition) is 9. The fourth-order valence-corrected chi connectivity index (χ4v) is 4.26. The Labute approximate surface area is 175 Å². The topological polar surface area (TPSA) is 152 Å². The number of carbonyl (C=O) groups is 1. The second-order valence-electron chi connectivity index (χ2n) is 7.63. The van der Waals surface area contributed by atoms with Crippen molar-refractivity contribution in [3.05, 3.63) is 4.91 Å². The summed E-state index contributed by atoms with van der Waals surface area (Å²) in [4.78, 5) is 23.1. The van der Waals surface area contributed by atoms with Crippen molar-refractivity contribution in [1.82, 2.24) is 10.3 Å². The molecule has 8 atom stereocenters. The molecule has 11 heteroatoms. The number of thioether (sulfide) groups is 1. The lowest BCUT2D eigenvalue weighted by atomic mass is 9.92. The van der Waals surface area contributed by atoms with E-state index in [-0.39, 0.29) is 18.2 Å². The molecule has 1 fully saturated rings. The minimum atomic E-state index is -1.46. The zero-order valence-corrected chi connectivity index (χ0v) is 18.3. The zero-order valence-electron chi connectivity index (χ0n) is 17.5. The van der Waals surface area contributed by atoms with Crippen LogP contribution in [0.15, 0.2) is 5.29 Å². The van der Waals surface area contributed by atoms with Gasteiger partial charge in [0.15, 0.2) is 0 Å². The maximum Gasteiger partial charge on any atom is 0.220 e. The predicted molar refractivity (Wildman–Crippen MR) is 110 cm³/mol.